The molecule has 1 aliphatic rings. The van der Waals surface area contributed by atoms with Crippen molar-refractivity contribution >= 4 is 29.3 Å². The fourth-order valence-corrected chi connectivity index (χ4v) is 4.79. The molecule has 0 atom stereocenters. The van der Waals surface area contributed by atoms with Crippen molar-refractivity contribution in [3.63, 3.8) is 0 Å². The number of rotatable bonds is 7. The lowest BCUT2D eigenvalue weighted by atomic mass is 10.1. The third-order valence-corrected chi connectivity index (χ3v) is 6.79. The maximum Gasteiger partial charge on any atom is 0.238 e. The van der Waals surface area contributed by atoms with Crippen molar-refractivity contribution < 1.29 is 9.59 Å². The smallest absolute Gasteiger partial charge is 0.238 e. The van der Waals surface area contributed by atoms with E-state index < -0.39 is 0 Å². The van der Waals surface area contributed by atoms with E-state index in [0.717, 1.165) is 41.2 Å². The number of benzene rings is 1. The molecule has 0 bridgehead atoms. The zero-order chi connectivity index (χ0) is 24.6. The number of carbonyl (C=O) groups excluding carboxylic acids is 2. The lowest BCUT2D eigenvalue weighted by molar-refractivity contribution is -0.128. The molecular weight excluding hydrogens is 460 g/mol. The Morgan fingerprint density at radius 1 is 0.914 bits per heavy atom. The van der Waals surface area contributed by atoms with E-state index in [2.05, 4.69) is 25.2 Å². The summed E-state index contributed by atoms with van der Waals surface area (Å²) in [6.45, 7) is 7.05. The summed E-state index contributed by atoms with van der Waals surface area (Å²) in [5, 5.41) is 3.61. The number of amides is 2. The number of thioether (sulfide) groups is 1. The Labute approximate surface area is 210 Å². The molecule has 0 saturated carbocycles. The minimum absolute atomic E-state index is 0.0253. The Hall–Kier alpha value is -3.30. The van der Waals surface area contributed by atoms with Crippen molar-refractivity contribution in [2.75, 3.05) is 43.8 Å². The van der Waals surface area contributed by atoms with E-state index in [4.69, 9.17) is 0 Å². The molecular formula is C26H30N6O2S. The molecule has 3 aromatic rings. The van der Waals surface area contributed by atoms with Crippen LogP contribution in [-0.4, -0.2) is 75.0 Å². The number of pyridine rings is 1. The van der Waals surface area contributed by atoms with Gasteiger partial charge >= 0.3 is 0 Å². The summed E-state index contributed by atoms with van der Waals surface area (Å²) in [6, 6.07) is 13.5. The predicted octanol–water partition coefficient (Wildman–Crippen LogP) is 3.42. The summed E-state index contributed by atoms with van der Waals surface area (Å²) in [4.78, 5) is 42.6. The lowest BCUT2D eigenvalue weighted by Crippen LogP contribution is -2.38. The summed E-state index contributed by atoms with van der Waals surface area (Å²) < 4.78 is 0. The fraction of sp³-hybridized carbons (Fsp3) is 0.346. The van der Waals surface area contributed by atoms with Crippen molar-refractivity contribution in [2.45, 2.75) is 25.4 Å². The molecule has 2 amide bonds. The molecule has 0 aliphatic carbocycles. The van der Waals surface area contributed by atoms with Crippen LogP contribution in [0, 0.1) is 13.8 Å². The minimum Gasteiger partial charge on any atom is -0.341 e. The van der Waals surface area contributed by atoms with E-state index in [-0.39, 0.29) is 17.6 Å². The van der Waals surface area contributed by atoms with Crippen molar-refractivity contribution in [1.82, 2.24) is 24.8 Å². The van der Waals surface area contributed by atoms with Crippen LogP contribution in [0.1, 0.15) is 17.5 Å². The quantitative estimate of drug-likeness (QED) is 0.401. The van der Waals surface area contributed by atoms with E-state index >= 15 is 0 Å². The number of anilines is 1. The molecule has 2 aromatic heterocycles. The van der Waals surface area contributed by atoms with Crippen molar-refractivity contribution in [3.05, 3.63) is 66.0 Å². The van der Waals surface area contributed by atoms with Crippen molar-refractivity contribution in [3.8, 4) is 11.4 Å². The highest BCUT2D eigenvalue weighted by atomic mass is 32.2. The second-order valence-corrected chi connectivity index (χ2v) is 9.50. The maximum atomic E-state index is 12.9. The second kappa shape index (κ2) is 11.9. The first-order chi connectivity index (χ1) is 17.0. The van der Waals surface area contributed by atoms with Gasteiger partial charge in [-0.05, 0) is 49.6 Å². The molecule has 4 rings (SSSR count). The molecule has 0 radical (unpaired) electrons. The van der Waals surface area contributed by atoms with E-state index in [1.54, 1.807) is 12.4 Å². The van der Waals surface area contributed by atoms with E-state index in [0.29, 0.717) is 31.3 Å². The molecule has 3 heterocycles. The lowest BCUT2D eigenvalue weighted by Gasteiger charge is -2.22. The van der Waals surface area contributed by atoms with Gasteiger partial charge in [-0.25, -0.2) is 9.97 Å². The summed E-state index contributed by atoms with van der Waals surface area (Å²) in [7, 11) is 0. The highest BCUT2D eigenvalue weighted by molar-refractivity contribution is 7.99. The van der Waals surface area contributed by atoms with Crippen LogP contribution < -0.4 is 5.32 Å². The van der Waals surface area contributed by atoms with E-state index in [1.807, 2.05) is 61.2 Å². The topological polar surface area (TPSA) is 91.3 Å². The number of nitrogens with zero attached hydrogens (tertiary/aromatic N) is 5. The molecule has 8 nitrogen and oxygen atoms in total. The monoisotopic (exact) mass is 490 g/mol. The third-order valence-electron chi connectivity index (χ3n) is 5.94. The van der Waals surface area contributed by atoms with Gasteiger partial charge in [0, 0.05) is 44.3 Å². The van der Waals surface area contributed by atoms with Gasteiger partial charge in [-0.1, -0.05) is 36.0 Å². The average Bonchev–Trinajstić information content (AvgIpc) is 3.11. The van der Waals surface area contributed by atoms with Crippen LogP contribution in [0.25, 0.3) is 11.4 Å². The minimum atomic E-state index is -0.0253. The number of aryl methyl sites for hydroxylation is 2. The maximum absolute atomic E-state index is 12.9. The molecule has 182 valence electrons. The van der Waals surface area contributed by atoms with Crippen LogP contribution in [0.5, 0.6) is 0 Å². The summed E-state index contributed by atoms with van der Waals surface area (Å²) in [5.41, 5.74) is 4.50. The molecule has 1 aliphatic heterocycles. The molecule has 1 aromatic carbocycles. The number of aromatic nitrogens is 3. The first kappa shape index (κ1) is 24.8. The Balaban J connectivity index is 1.26. The normalized spacial score (nSPS) is 14.4. The molecule has 9 heteroatoms. The van der Waals surface area contributed by atoms with E-state index in [9.17, 15) is 9.59 Å². The number of carbonyl (C=O) groups is 2. The Kier molecular flexibility index (Phi) is 8.44. The highest BCUT2D eigenvalue weighted by Gasteiger charge is 2.21. The van der Waals surface area contributed by atoms with Crippen LogP contribution in [-0.2, 0) is 9.59 Å². The number of nitrogens with one attached hydrogen (secondary N) is 1. The number of para-hydroxylation sites is 1. The largest absolute Gasteiger partial charge is 0.341 e. The molecule has 1 N–H and O–H groups in total. The SMILES string of the molecule is Cc1cccc(C)c1NC(=O)CN1CCCN(C(=O)CSc2nccc(-c3ccccn3)n2)CC1. The molecule has 0 unspecified atom stereocenters. The summed E-state index contributed by atoms with van der Waals surface area (Å²) >= 11 is 1.33. The van der Waals surface area contributed by atoms with Gasteiger partial charge in [-0.15, -0.1) is 0 Å². The van der Waals surface area contributed by atoms with Gasteiger partial charge in [0.15, 0.2) is 5.16 Å². The van der Waals surface area contributed by atoms with Crippen LogP contribution in [0.4, 0.5) is 5.69 Å². The van der Waals surface area contributed by atoms with Crippen LogP contribution >= 0.6 is 11.8 Å². The molecule has 1 saturated heterocycles. The predicted molar refractivity (Wildman–Crippen MR) is 138 cm³/mol. The first-order valence-corrected chi connectivity index (χ1v) is 12.7. The first-order valence-electron chi connectivity index (χ1n) is 11.7. The van der Waals surface area contributed by atoms with Gasteiger partial charge in [-0.3, -0.25) is 19.5 Å². The zero-order valence-electron chi connectivity index (χ0n) is 20.1. The Morgan fingerprint density at radius 2 is 1.74 bits per heavy atom. The third kappa shape index (κ3) is 6.86. The van der Waals surface area contributed by atoms with Crippen LogP contribution in [0.3, 0.4) is 0 Å². The average molecular weight is 491 g/mol. The van der Waals surface area contributed by atoms with Gasteiger partial charge in [0.1, 0.15) is 0 Å². The van der Waals surface area contributed by atoms with Gasteiger partial charge in [0.2, 0.25) is 11.8 Å². The number of hydrogen-bond acceptors (Lipinski definition) is 7. The van der Waals surface area contributed by atoms with Gasteiger partial charge < -0.3 is 10.2 Å². The zero-order valence-corrected chi connectivity index (χ0v) is 20.9. The van der Waals surface area contributed by atoms with Gasteiger partial charge in [0.25, 0.3) is 0 Å². The van der Waals surface area contributed by atoms with Gasteiger partial charge in [-0.2, -0.15) is 0 Å². The Morgan fingerprint density at radius 3 is 2.51 bits per heavy atom. The summed E-state index contributed by atoms with van der Waals surface area (Å²) in [6.07, 6.45) is 4.25. The molecule has 35 heavy (non-hydrogen) atoms. The number of hydrogen-bond donors (Lipinski definition) is 1. The van der Waals surface area contributed by atoms with Gasteiger partial charge in [0.05, 0.1) is 23.7 Å². The fourth-order valence-electron chi connectivity index (χ4n) is 4.06. The standard InChI is InChI=1S/C26H30N6O2S/c1-19-7-5-8-20(2)25(19)30-23(33)17-31-13-6-14-32(16-15-31)24(34)18-35-26-28-12-10-22(29-26)21-9-3-4-11-27-21/h3-5,7-12H,6,13-18H2,1-2H3,(H,30,33). The summed E-state index contributed by atoms with van der Waals surface area (Å²) in [5.74, 6) is 0.310. The van der Waals surface area contributed by atoms with Crippen molar-refractivity contribution in [2.24, 2.45) is 0 Å². The van der Waals surface area contributed by atoms with E-state index in [1.165, 1.54) is 11.8 Å². The molecule has 1 fully saturated rings. The second-order valence-electron chi connectivity index (χ2n) is 8.55. The van der Waals surface area contributed by atoms with Crippen LogP contribution in [0.2, 0.25) is 0 Å². The highest BCUT2D eigenvalue weighted by Crippen LogP contribution is 2.20. The van der Waals surface area contributed by atoms with Crippen LogP contribution in [0.15, 0.2) is 60.0 Å². The Bertz CT molecular complexity index is 1150. The van der Waals surface area contributed by atoms with Crippen molar-refractivity contribution in [1.29, 1.82) is 0 Å². The molecule has 0 spiro atoms.